The molecular weight excluding hydrogens is 438 g/mol. The van der Waals surface area contributed by atoms with Gasteiger partial charge in [-0.2, -0.15) is 0 Å². The lowest BCUT2D eigenvalue weighted by Crippen LogP contribution is -2.32. The van der Waals surface area contributed by atoms with E-state index < -0.39 is 5.41 Å². The molecule has 4 heterocycles. The summed E-state index contributed by atoms with van der Waals surface area (Å²) in [5.41, 5.74) is 5.47. The van der Waals surface area contributed by atoms with Crippen LogP contribution in [0, 0.1) is 12.8 Å². The van der Waals surface area contributed by atoms with Crippen LogP contribution >= 0.6 is 0 Å². The van der Waals surface area contributed by atoms with E-state index >= 15 is 0 Å². The van der Waals surface area contributed by atoms with Crippen molar-refractivity contribution in [3.05, 3.63) is 48.3 Å². The van der Waals surface area contributed by atoms with Crippen molar-refractivity contribution in [1.82, 2.24) is 29.5 Å². The lowest BCUT2D eigenvalue weighted by molar-refractivity contribution is -0.120. The van der Waals surface area contributed by atoms with Gasteiger partial charge in [0.2, 0.25) is 5.91 Å². The summed E-state index contributed by atoms with van der Waals surface area (Å²) < 4.78 is 2.07. The van der Waals surface area contributed by atoms with Crippen molar-refractivity contribution >= 4 is 22.8 Å². The van der Waals surface area contributed by atoms with E-state index in [-0.39, 0.29) is 5.91 Å². The molecule has 1 unspecified atom stereocenters. The molecule has 4 aromatic rings. The van der Waals surface area contributed by atoms with Crippen LogP contribution in [0.25, 0.3) is 33.8 Å². The molecule has 1 aromatic carbocycles. The minimum absolute atomic E-state index is 0.0914. The smallest absolute Gasteiger partial charge is 0.234 e. The number of hydrogen-bond acceptors (Lipinski definition) is 6. The Bertz CT molecular complexity index is 1440. The normalized spacial score (nSPS) is 19.6. The van der Waals surface area contributed by atoms with Crippen LogP contribution in [0.4, 0.5) is 5.69 Å². The van der Waals surface area contributed by atoms with Crippen molar-refractivity contribution in [3.8, 4) is 22.6 Å². The molecule has 1 fully saturated rings. The van der Waals surface area contributed by atoms with Gasteiger partial charge in [0.05, 0.1) is 11.0 Å². The fourth-order valence-corrected chi connectivity index (χ4v) is 5.34. The second-order valence-electron chi connectivity index (χ2n) is 9.98. The molecule has 1 amide bonds. The van der Waals surface area contributed by atoms with Gasteiger partial charge in [0.15, 0.2) is 5.65 Å². The molecule has 8 heteroatoms. The number of amides is 1. The number of fused-ring (bicyclic) bond motifs is 2. The number of nitrogens with zero attached hydrogens (tertiary/aromatic N) is 6. The highest BCUT2D eigenvalue weighted by atomic mass is 16.2. The molecule has 1 atom stereocenters. The summed E-state index contributed by atoms with van der Waals surface area (Å²) in [4.78, 5) is 35.9. The number of rotatable bonds is 6. The van der Waals surface area contributed by atoms with Gasteiger partial charge in [0.1, 0.15) is 29.2 Å². The number of benzene rings is 1. The van der Waals surface area contributed by atoms with Gasteiger partial charge in [-0.15, -0.1) is 0 Å². The van der Waals surface area contributed by atoms with Crippen molar-refractivity contribution in [2.45, 2.75) is 64.8 Å². The van der Waals surface area contributed by atoms with Crippen LogP contribution in [0.15, 0.2) is 36.9 Å². The quantitative estimate of drug-likeness (QED) is 0.425. The monoisotopic (exact) mass is 467 g/mol. The third kappa shape index (κ3) is 3.50. The summed E-state index contributed by atoms with van der Waals surface area (Å²) in [6.45, 7) is 6.72. The largest absolute Gasteiger partial charge is 0.325 e. The maximum atomic E-state index is 13.0. The Labute approximate surface area is 204 Å². The van der Waals surface area contributed by atoms with E-state index in [0.717, 1.165) is 69.6 Å². The first kappa shape index (κ1) is 21.8. The van der Waals surface area contributed by atoms with Crippen LogP contribution in [0.3, 0.4) is 0 Å². The highest BCUT2D eigenvalue weighted by Gasteiger charge is 2.43. The summed E-state index contributed by atoms with van der Waals surface area (Å²) in [6.07, 6.45) is 11.0. The molecule has 35 heavy (non-hydrogen) atoms. The maximum absolute atomic E-state index is 13.0. The zero-order valence-electron chi connectivity index (χ0n) is 20.4. The van der Waals surface area contributed by atoms with Gasteiger partial charge in [0.25, 0.3) is 0 Å². The van der Waals surface area contributed by atoms with Gasteiger partial charge in [-0.05, 0) is 57.2 Å². The Balaban J connectivity index is 1.44. The van der Waals surface area contributed by atoms with Gasteiger partial charge in [-0.25, -0.2) is 24.9 Å². The average molecular weight is 468 g/mol. The lowest BCUT2D eigenvalue weighted by atomic mass is 9.73. The van der Waals surface area contributed by atoms with Crippen molar-refractivity contribution in [1.29, 1.82) is 0 Å². The Hall–Kier alpha value is -3.68. The van der Waals surface area contributed by atoms with Crippen molar-refractivity contribution < 1.29 is 4.79 Å². The van der Waals surface area contributed by atoms with Gasteiger partial charge < -0.3 is 9.88 Å². The molecule has 6 rings (SSSR count). The number of hydrogen-bond donors (Lipinski definition) is 1. The number of aromatic nitrogens is 6. The summed E-state index contributed by atoms with van der Waals surface area (Å²) >= 11 is 0. The molecular formula is C27H29N7O. The maximum Gasteiger partial charge on any atom is 0.234 e. The molecule has 8 nitrogen and oxygen atoms in total. The highest BCUT2D eigenvalue weighted by molar-refractivity contribution is 6.06. The molecule has 3 aromatic heterocycles. The fraction of sp³-hybridized carbons (Fsp3) is 0.407. The second kappa shape index (κ2) is 8.22. The Morgan fingerprint density at radius 1 is 1.11 bits per heavy atom. The minimum Gasteiger partial charge on any atom is -0.325 e. The molecule has 2 aliphatic rings. The van der Waals surface area contributed by atoms with Crippen molar-refractivity contribution in [3.63, 3.8) is 0 Å². The van der Waals surface area contributed by atoms with E-state index in [2.05, 4.69) is 49.7 Å². The molecule has 0 spiro atoms. The van der Waals surface area contributed by atoms with Crippen LogP contribution in [0.1, 0.15) is 57.3 Å². The van der Waals surface area contributed by atoms with E-state index in [1.165, 1.54) is 19.3 Å². The van der Waals surface area contributed by atoms with Crippen LogP contribution < -0.4 is 5.32 Å². The van der Waals surface area contributed by atoms with Crippen LogP contribution in [-0.2, 0) is 16.8 Å². The number of imidazole rings is 1. The molecule has 1 N–H and O–H groups in total. The molecule has 1 aliphatic heterocycles. The highest BCUT2D eigenvalue weighted by Crippen LogP contribution is 2.45. The first-order chi connectivity index (χ1) is 17.0. The van der Waals surface area contributed by atoms with E-state index in [1.807, 2.05) is 19.1 Å². The first-order valence-electron chi connectivity index (χ1n) is 12.4. The Morgan fingerprint density at radius 3 is 2.63 bits per heavy atom. The zero-order valence-corrected chi connectivity index (χ0v) is 20.4. The molecule has 1 aliphatic carbocycles. The van der Waals surface area contributed by atoms with E-state index in [9.17, 15) is 4.79 Å². The van der Waals surface area contributed by atoms with Crippen LogP contribution in [0.2, 0.25) is 0 Å². The van der Waals surface area contributed by atoms with Crippen LogP contribution in [0.5, 0.6) is 0 Å². The van der Waals surface area contributed by atoms with Gasteiger partial charge >= 0.3 is 0 Å². The number of carbonyl (C=O) groups is 1. The van der Waals surface area contributed by atoms with E-state index in [4.69, 9.17) is 4.98 Å². The Kier molecular flexibility index (Phi) is 5.12. The predicted octanol–water partition coefficient (Wildman–Crippen LogP) is 5.07. The Morgan fingerprint density at radius 2 is 1.91 bits per heavy atom. The van der Waals surface area contributed by atoms with Crippen LogP contribution in [-0.4, -0.2) is 35.4 Å². The number of aryl methyl sites for hydroxylation is 2. The number of nitrogens with one attached hydrogen (secondary N) is 1. The van der Waals surface area contributed by atoms with Crippen molar-refractivity contribution in [2.24, 2.45) is 5.92 Å². The standard InChI is InChI=1S/C27H29N7O/c1-4-34-24(19-13-28-16(2)29-14-19)33-23-22(30-15-31-25(23)34)18-8-9-21-20(12-18)27(3,26(35)32-21)11-10-17-6-5-7-17/h8-9,12-15,17H,4-7,10-11H2,1-3H3,(H,32,35). The third-order valence-corrected chi connectivity index (χ3v) is 7.80. The van der Waals surface area contributed by atoms with Gasteiger partial charge in [-0.3, -0.25) is 4.79 Å². The first-order valence-corrected chi connectivity index (χ1v) is 12.4. The average Bonchev–Trinajstić information content (AvgIpc) is 3.33. The van der Waals surface area contributed by atoms with E-state index in [0.29, 0.717) is 6.54 Å². The summed E-state index contributed by atoms with van der Waals surface area (Å²) in [6, 6.07) is 6.13. The SMILES string of the molecule is CCn1c(-c2cnc(C)nc2)nc2c(-c3ccc4c(c3)C(C)(CCC3CCC3)C(=O)N4)ncnc21. The second-order valence-corrected chi connectivity index (χ2v) is 9.98. The number of anilines is 1. The summed E-state index contributed by atoms with van der Waals surface area (Å²) in [5.74, 6) is 2.34. The molecule has 0 radical (unpaired) electrons. The van der Waals surface area contributed by atoms with Gasteiger partial charge in [-0.1, -0.05) is 25.3 Å². The lowest BCUT2D eigenvalue weighted by Gasteiger charge is -2.30. The summed E-state index contributed by atoms with van der Waals surface area (Å²) in [7, 11) is 0. The fourth-order valence-electron chi connectivity index (χ4n) is 5.34. The topological polar surface area (TPSA) is 98.5 Å². The third-order valence-electron chi connectivity index (χ3n) is 7.80. The summed E-state index contributed by atoms with van der Waals surface area (Å²) in [5, 5.41) is 3.11. The van der Waals surface area contributed by atoms with Gasteiger partial charge in [0, 0.05) is 30.2 Å². The minimum atomic E-state index is -0.528. The van der Waals surface area contributed by atoms with E-state index in [1.54, 1.807) is 18.7 Å². The molecule has 1 saturated carbocycles. The molecule has 178 valence electrons. The predicted molar refractivity (Wildman–Crippen MR) is 135 cm³/mol. The zero-order chi connectivity index (χ0) is 24.2. The number of carbonyl (C=O) groups excluding carboxylic acids is 1. The molecule has 0 saturated heterocycles. The van der Waals surface area contributed by atoms with Crippen molar-refractivity contribution in [2.75, 3.05) is 5.32 Å². The molecule has 0 bridgehead atoms.